The summed E-state index contributed by atoms with van der Waals surface area (Å²) >= 11 is 0. The molecule has 0 spiro atoms. The third-order valence-electron chi connectivity index (χ3n) is 5.20. The van der Waals surface area contributed by atoms with E-state index in [9.17, 15) is 0 Å². The van der Waals surface area contributed by atoms with Crippen molar-refractivity contribution in [3.63, 3.8) is 0 Å². The SMILES string of the molecule is [I-].[Li+].[Li+].c1ccc([B-](c2ccccc2)(c2ccccc2)c2ccccc2)cc1. The largest absolute Gasteiger partial charge is 1.00 e. The number of hydrogen-bond donors (Lipinski definition) is 0. The minimum Gasteiger partial charge on any atom is -1.00 e. The smallest absolute Gasteiger partial charge is 1.00 e. The van der Waals surface area contributed by atoms with E-state index in [4.69, 9.17) is 0 Å². The molecule has 0 amide bonds. The van der Waals surface area contributed by atoms with E-state index in [-0.39, 0.29) is 61.7 Å². The molecule has 0 heterocycles. The van der Waals surface area contributed by atoms with Crippen molar-refractivity contribution in [1.82, 2.24) is 0 Å². The summed E-state index contributed by atoms with van der Waals surface area (Å²) in [7, 11) is 0. The zero-order valence-electron chi connectivity index (χ0n) is 16.5. The van der Waals surface area contributed by atoms with E-state index in [1.807, 2.05) is 0 Å². The van der Waals surface area contributed by atoms with Crippen molar-refractivity contribution in [2.24, 2.45) is 0 Å². The van der Waals surface area contributed by atoms with Crippen LogP contribution in [0.4, 0.5) is 0 Å². The predicted octanol–water partition coefficient (Wildman–Crippen LogP) is -5.92. The molecule has 0 saturated carbocycles. The fraction of sp³-hybridized carbons (Fsp3) is 0. The zero-order chi connectivity index (χ0) is 17.0. The van der Waals surface area contributed by atoms with E-state index >= 15 is 0 Å². The first-order valence-electron chi connectivity index (χ1n) is 8.80. The summed E-state index contributed by atoms with van der Waals surface area (Å²) in [5.41, 5.74) is 5.36. The second kappa shape index (κ2) is 11.8. The van der Waals surface area contributed by atoms with Crippen LogP contribution in [0.3, 0.4) is 0 Å². The van der Waals surface area contributed by atoms with Crippen LogP contribution in [-0.2, 0) is 0 Å². The van der Waals surface area contributed by atoms with E-state index < -0.39 is 6.15 Å². The predicted molar refractivity (Wildman–Crippen MR) is 110 cm³/mol. The molecule has 0 bridgehead atoms. The average Bonchev–Trinajstić information content (AvgIpc) is 2.72. The molecule has 0 aliphatic rings. The van der Waals surface area contributed by atoms with Gasteiger partial charge in [-0.25, -0.2) is 0 Å². The third kappa shape index (κ3) is 4.71. The second-order valence-electron chi connectivity index (χ2n) is 6.51. The molecule has 0 aromatic heterocycles. The molecule has 4 heteroatoms. The van der Waals surface area contributed by atoms with E-state index in [1.165, 1.54) is 21.9 Å². The van der Waals surface area contributed by atoms with Gasteiger partial charge in [-0.2, -0.15) is 21.9 Å². The molecule has 0 aliphatic heterocycles. The Morgan fingerprint density at radius 1 is 0.321 bits per heavy atom. The quantitative estimate of drug-likeness (QED) is 0.211. The molecule has 4 aromatic carbocycles. The molecular weight excluding hydrogens is 440 g/mol. The summed E-state index contributed by atoms with van der Waals surface area (Å²) in [6, 6.07) is 43.5. The van der Waals surface area contributed by atoms with Gasteiger partial charge in [0.2, 0.25) is 0 Å². The molecule has 0 atom stereocenters. The van der Waals surface area contributed by atoms with Crippen molar-refractivity contribution < 1.29 is 61.7 Å². The summed E-state index contributed by atoms with van der Waals surface area (Å²) in [4.78, 5) is 0. The van der Waals surface area contributed by atoms with E-state index in [2.05, 4.69) is 121 Å². The first-order valence-corrected chi connectivity index (χ1v) is 8.80. The third-order valence-corrected chi connectivity index (χ3v) is 5.20. The molecule has 0 aliphatic carbocycles. The number of halogens is 1. The molecule has 0 nitrogen and oxygen atoms in total. The Balaban J connectivity index is 0.00000131. The van der Waals surface area contributed by atoms with Crippen LogP contribution in [0.25, 0.3) is 0 Å². The Hall–Kier alpha value is -1.13. The van der Waals surface area contributed by atoms with Crippen LogP contribution in [0.1, 0.15) is 0 Å². The summed E-state index contributed by atoms with van der Waals surface area (Å²) in [5.74, 6) is 0. The van der Waals surface area contributed by atoms with Crippen molar-refractivity contribution >= 4 is 28.0 Å². The Labute approximate surface area is 209 Å². The average molecular weight is 460 g/mol. The topological polar surface area (TPSA) is 0 Å². The summed E-state index contributed by atoms with van der Waals surface area (Å²) in [5, 5.41) is 0. The molecular formula is C24H20BILi2. The van der Waals surface area contributed by atoms with Crippen LogP contribution in [0.15, 0.2) is 121 Å². The number of hydrogen-bond acceptors (Lipinski definition) is 0. The number of benzene rings is 4. The van der Waals surface area contributed by atoms with Crippen molar-refractivity contribution in [2.45, 2.75) is 0 Å². The van der Waals surface area contributed by atoms with Crippen LogP contribution in [0, 0.1) is 0 Å². The molecule has 128 valence electrons. The van der Waals surface area contributed by atoms with Gasteiger partial charge in [0.15, 0.2) is 0 Å². The Morgan fingerprint density at radius 2 is 0.500 bits per heavy atom. The minimum absolute atomic E-state index is 0. The van der Waals surface area contributed by atoms with Crippen molar-refractivity contribution in [2.75, 3.05) is 0 Å². The maximum absolute atomic E-state index is 2.26. The van der Waals surface area contributed by atoms with Crippen LogP contribution in [0.5, 0.6) is 0 Å². The summed E-state index contributed by atoms with van der Waals surface area (Å²) in [6.07, 6.45) is -1.22. The summed E-state index contributed by atoms with van der Waals surface area (Å²) in [6.45, 7) is 0. The standard InChI is InChI=1S/C24H20B.HI.2Li/c1-5-13-21(14-6-1)25(22-15-7-2-8-16-22,23-17-9-3-10-18-23)24-19-11-4-12-20-24;;;/h1-20H;1H;;/q-1;;2*+1/p-1. The monoisotopic (exact) mass is 460 g/mol. The van der Waals surface area contributed by atoms with Gasteiger partial charge >= 0.3 is 37.7 Å². The Kier molecular flexibility index (Phi) is 10.5. The molecule has 0 radical (unpaired) electrons. The minimum atomic E-state index is -1.22. The Morgan fingerprint density at radius 3 is 0.679 bits per heavy atom. The van der Waals surface area contributed by atoms with Crippen LogP contribution in [-0.4, -0.2) is 6.15 Å². The van der Waals surface area contributed by atoms with Crippen molar-refractivity contribution in [3.8, 4) is 0 Å². The molecule has 0 fully saturated rings. The first-order chi connectivity index (χ1) is 12.4. The van der Waals surface area contributed by atoms with Gasteiger partial charge in [-0.3, -0.25) is 0 Å². The fourth-order valence-electron chi connectivity index (χ4n) is 4.12. The van der Waals surface area contributed by atoms with Gasteiger partial charge in [-0.1, -0.05) is 121 Å². The second-order valence-corrected chi connectivity index (χ2v) is 6.51. The zero-order valence-corrected chi connectivity index (χ0v) is 18.7. The van der Waals surface area contributed by atoms with Gasteiger partial charge in [-0.15, -0.1) is 0 Å². The van der Waals surface area contributed by atoms with Crippen molar-refractivity contribution in [3.05, 3.63) is 121 Å². The van der Waals surface area contributed by atoms with Gasteiger partial charge < -0.3 is 24.0 Å². The normalized spacial score (nSPS) is 10.0. The van der Waals surface area contributed by atoms with Crippen LogP contribution in [0.2, 0.25) is 0 Å². The first kappa shape index (κ1) is 24.9. The molecule has 0 saturated heterocycles. The van der Waals surface area contributed by atoms with E-state index in [1.54, 1.807) is 0 Å². The van der Waals surface area contributed by atoms with Crippen LogP contribution >= 0.6 is 0 Å². The van der Waals surface area contributed by atoms with Gasteiger partial charge in [0.1, 0.15) is 6.15 Å². The molecule has 28 heavy (non-hydrogen) atoms. The molecule has 4 aromatic rings. The van der Waals surface area contributed by atoms with Crippen LogP contribution < -0.4 is 83.5 Å². The molecule has 0 N–H and O–H groups in total. The molecule has 0 unspecified atom stereocenters. The number of rotatable bonds is 4. The fourth-order valence-corrected chi connectivity index (χ4v) is 4.12. The van der Waals surface area contributed by atoms with Gasteiger partial charge in [-0.05, 0) is 0 Å². The maximum atomic E-state index is 2.26. The van der Waals surface area contributed by atoms with E-state index in [0.29, 0.717) is 0 Å². The van der Waals surface area contributed by atoms with E-state index in [0.717, 1.165) is 0 Å². The van der Waals surface area contributed by atoms with Gasteiger partial charge in [0.05, 0.1) is 0 Å². The molecule has 4 rings (SSSR count). The van der Waals surface area contributed by atoms with Gasteiger partial charge in [0, 0.05) is 0 Å². The Bertz CT molecular complexity index is 770. The summed E-state index contributed by atoms with van der Waals surface area (Å²) < 4.78 is 0. The van der Waals surface area contributed by atoms with Gasteiger partial charge in [0.25, 0.3) is 0 Å². The maximum Gasteiger partial charge on any atom is 1.00 e. The van der Waals surface area contributed by atoms with Crippen molar-refractivity contribution in [1.29, 1.82) is 0 Å².